The number of nitrogens with zero attached hydrogens (tertiary/aromatic N) is 2. The van der Waals surface area contributed by atoms with E-state index in [0.29, 0.717) is 23.7 Å². The molecule has 8 nitrogen and oxygen atoms in total. The number of esters is 1. The second kappa shape index (κ2) is 11.0. The summed E-state index contributed by atoms with van der Waals surface area (Å²) in [5.41, 5.74) is 1.06. The van der Waals surface area contributed by atoms with Crippen LogP contribution >= 0.6 is 22.7 Å². The summed E-state index contributed by atoms with van der Waals surface area (Å²) in [5, 5.41) is 6.99. The number of piperazine rings is 1. The van der Waals surface area contributed by atoms with Crippen molar-refractivity contribution in [1.29, 1.82) is 0 Å². The number of hydrogen-bond acceptors (Lipinski definition) is 8. The Hall–Kier alpha value is -2.64. The number of sulfonamides is 1. The first-order valence-electron chi connectivity index (χ1n) is 10.9. The van der Waals surface area contributed by atoms with Gasteiger partial charge in [0.05, 0.1) is 18.0 Å². The third-order valence-electron chi connectivity index (χ3n) is 5.46. The highest BCUT2D eigenvalue weighted by molar-refractivity contribution is 7.89. The van der Waals surface area contributed by atoms with E-state index in [1.54, 1.807) is 6.92 Å². The van der Waals surface area contributed by atoms with Gasteiger partial charge in [-0.25, -0.2) is 17.6 Å². The van der Waals surface area contributed by atoms with Gasteiger partial charge in [0.2, 0.25) is 15.9 Å². The summed E-state index contributed by atoms with van der Waals surface area (Å²) in [6.45, 7) is 3.15. The number of ether oxygens (including phenoxy) is 1. The van der Waals surface area contributed by atoms with Gasteiger partial charge in [-0.15, -0.1) is 22.7 Å². The van der Waals surface area contributed by atoms with Crippen LogP contribution in [0, 0.1) is 5.82 Å². The minimum absolute atomic E-state index is 0.0378. The van der Waals surface area contributed by atoms with Crippen LogP contribution in [0.4, 0.5) is 9.39 Å². The first-order valence-corrected chi connectivity index (χ1v) is 14.1. The normalized spacial score (nSPS) is 15.1. The molecule has 1 saturated heterocycles. The number of nitrogens with one attached hydrogen (secondary N) is 1. The van der Waals surface area contributed by atoms with Gasteiger partial charge >= 0.3 is 5.97 Å². The molecule has 1 fully saturated rings. The standard InChI is InChI=1S/C23H24FN3O5S3/c1-2-32-23(29)21-18(19-4-3-13-33-19)15-34-22(21)25-20(28)14-26-9-11-27(12-10-26)35(30,31)17-7-5-16(24)6-8-17/h3-8,13,15H,2,9-12,14H2,1H3,(H,25,28). The van der Waals surface area contributed by atoms with E-state index < -0.39 is 21.8 Å². The molecule has 0 bridgehead atoms. The molecule has 1 amide bonds. The Morgan fingerprint density at radius 3 is 2.43 bits per heavy atom. The summed E-state index contributed by atoms with van der Waals surface area (Å²) < 4.78 is 45.3. The molecule has 3 aromatic rings. The highest BCUT2D eigenvalue weighted by Crippen LogP contribution is 2.38. The maximum atomic E-state index is 13.1. The van der Waals surface area contributed by atoms with Crippen LogP contribution in [-0.2, 0) is 19.6 Å². The zero-order valence-electron chi connectivity index (χ0n) is 18.9. The Bertz CT molecular complexity index is 1280. The van der Waals surface area contributed by atoms with Gasteiger partial charge in [0, 0.05) is 42.0 Å². The minimum atomic E-state index is -3.73. The van der Waals surface area contributed by atoms with Gasteiger partial charge in [0.25, 0.3) is 0 Å². The van der Waals surface area contributed by atoms with E-state index >= 15 is 0 Å². The quantitative estimate of drug-likeness (QED) is 0.440. The van der Waals surface area contributed by atoms with Gasteiger partial charge in [-0.05, 0) is 42.6 Å². The highest BCUT2D eigenvalue weighted by Gasteiger charge is 2.30. The van der Waals surface area contributed by atoms with Gasteiger partial charge in [-0.3, -0.25) is 9.69 Å². The summed E-state index contributed by atoms with van der Waals surface area (Å²) in [7, 11) is -3.73. The van der Waals surface area contributed by atoms with E-state index in [1.807, 2.05) is 27.8 Å². The molecule has 1 aliphatic heterocycles. The van der Waals surface area contributed by atoms with Gasteiger partial charge in [0.15, 0.2) is 0 Å². The number of carbonyl (C=O) groups is 2. The predicted octanol–water partition coefficient (Wildman–Crippen LogP) is 3.74. The van der Waals surface area contributed by atoms with E-state index in [9.17, 15) is 22.4 Å². The fourth-order valence-corrected chi connectivity index (χ4v) is 6.93. The Morgan fingerprint density at radius 1 is 1.09 bits per heavy atom. The molecule has 0 saturated carbocycles. The smallest absolute Gasteiger partial charge is 0.341 e. The molecule has 0 spiro atoms. The Kier molecular flexibility index (Phi) is 7.97. The van der Waals surface area contributed by atoms with Gasteiger partial charge in [-0.1, -0.05) is 6.07 Å². The lowest BCUT2D eigenvalue weighted by Crippen LogP contribution is -2.50. The zero-order valence-corrected chi connectivity index (χ0v) is 21.3. The molecule has 1 aliphatic rings. The Morgan fingerprint density at radius 2 is 1.80 bits per heavy atom. The summed E-state index contributed by atoms with van der Waals surface area (Å²) in [6, 6.07) is 8.52. The van der Waals surface area contributed by atoms with E-state index in [-0.39, 0.29) is 37.0 Å². The van der Waals surface area contributed by atoms with E-state index in [4.69, 9.17) is 4.74 Å². The van der Waals surface area contributed by atoms with Crippen molar-refractivity contribution in [2.75, 3.05) is 44.6 Å². The molecule has 0 radical (unpaired) electrons. The van der Waals surface area contributed by atoms with E-state index in [0.717, 1.165) is 22.6 Å². The number of hydrogen-bond donors (Lipinski definition) is 1. The van der Waals surface area contributed by atoms with Crippen molar-refractivity contribution in [1.82, 2.24) is 9.21 Å². The summed E-state index contributed by atoms with van der Waals surface area (Å²) in [6.07, 6.45) is 0. The zero-order chi connectivity index (χ0) is 25.0. The molecular formula is C23H24FN3O5S3. The van der Waals surface area contributed by atoms with Crippen LogP contribution in [0.15, 0.2) is 52.1 Å². The molecular weight excluding hydrogens is 513 g/mol. The molecule has 3 heterocycles. The Balaban J connectivity index is 1.38. The van der Waals surface area contributed by atoms with Crippen molar-refractivity contribution in [3.63, 3.8) is 0 Å². The van der Waals surface area contributed by atoms with Crippen LogP contribution in [0.3, 0.4) is 0 Å². The third kappa shape index (κ3) is 5.78. The van der Waals surface area contributed by atoms with Gasteiger partial charge < -0.3 is 10.1 Å². The molecule has 1 N–H and O–H groups in total. The number of halogens is 1. The molecule has 4 rings (SSSR count). The van der Waals surface area contributed by atoms with Crippen molar-refractivity contribution < 1.29 is 27.1 Å². The molecule has 12 heteroatoms. The van der Waals surface area contributed by atoms with Crippen LogP contribution in [0.5, 0.6) is 0 Å². The summed E-state index contributed by atoms with van der Waals surface area (Å²) in [5.74, 6) is -1.30. The average molecular weight is 538 g/mol. The van der Waals surface area contributed by atoms with Crippen LogP contribution < -0.4 is 5.32 Å². The van der Waals surface area contributed by atoms with Crippen LogP contribution in [0.25, 0.3) is 10.4 Å². The van der Waals surface area contributed by atoms with Crippen molar-refractivity contribution in [3.8, 4) is 10.4 Å². The van der Waals surface area contributed by atoms with Gasteiger partial charge in [0.1, 0.15) is 16.4 Å². The number of benzene rings is 1. The fourth-order valence-electron chi connectivity index (χ4n) is 3.72. The monoisotopic (exact) mass is 537 g/mol. The predicted molar refractivity (Wildman–Crippen MR) is 134 cm³/mol. The number of thiophene rings is 2. The lowest BCUT2D eigenvalue weighted by molar-refractivity contribution is -0.117. The topological polar surface area (TPSA) is 96.0 Å². The second-order valence-corrected chi connectivity index (χ2v) is 11.5. The van der Waals surface area contributed by atoms with Crippen LogP contribution in [0.2, 0.25) is 0 Å². The van der Waals surface area contributed by atoms with Crippen molar-refractivity contribution in [3.05, 3.63) is 58.5 Å². The molecule has 0 aliphatic carbocycles. The van der Waals surface area contributed by atoms with Crippen molar-refractivity contribution in [2.45, 2.75) is 11.8 Å². The Labute approximate surface area is 211 Å². The maximum absolute atomic E-state index is 13.1. The summed E-state index contributed by atoms with van der Waals surface area (Å²) in [4.78, 5) is 28.2. The second-order valence-electron chi connectivity index (χ2n) is 7.73. The first-order chi connectivity index (χ1) is 16.8. The number of carbonyl (C=O) groups excluding carboxylic acids is 2. The molecule has 2 aromatic heterocycles. The maximum Gasteiger partial charge on any atom is 0.341 e. The minimum Gasteiger partial charge on any atom is -0.462 e. The molecule has 35 heavy (non-hydrogen) atoms. The molecule has 0 unspecified atom stereocenters. The largest absolute Gasteiger partial charge is 0.462 e. The first kappa shape index (κ1) is 25.5. The average Bonchev–Trinajstić information content (AvgIpc) is 3.50. The lowest BCUT2D eigenvalue weighted by atomic mass is 10.1. The number of amides is 1. The lowest BCUT2D eigenvalue weighted by Gasteiger charge is -2.33. The van der Waals surface area contributed by atoms with Gasteiger partial charge in [-0.2, -0.15) is 4.31 Å². The van der Waals surface area contributed by atoms with Crippen LogP contribution in [0.1, 0.15) is 17.3 Å². The number of rotatable bonds is 8. The van der Waals surface area contributed by atoms with E-state index in [2.05, 4.69) is 5.32 Å². The fraction of sp³-hybridized carbons (Fsp3) is 0.304. The van der Waals surface area contributed by atoms with Crippen molar-refractivity contribution >= 4 is 49.6 Å². The third-order valence-corrected chi connectivity index (χ3v) is 9.17. The highest BCUT2D eigenvalue weighted by atomic mass is 32.2. The SMILES string of the molecule is CCOC(=O)c1c(-c2cccs2)csc1NC(=O)CN1CCN(S(=O)(=O)c2ccc(F)cc2)CC1. The van der Waals surface area contributed by atoms with Crippen LogP contribution in [-0.4, -0.2) is 68.8 Å². The van der Waals surface area contributed by atoms with E-state index in [1.165, 1.54) is 39.1 Å². The van der Waals surface area contributed by atoms with Crippen molar-refractivity contribution in [2.24, 2.45) is 0 Å². The molecule has 0 atom stereocenters. The molecule has 1 aromatic carbocycles. The number of anilines is 1. The summed E-state index contributed by atoms with van der Waals surface area (Å²) >= 11 is 2.76. The molecule has 186 valence electrons.